The zero-order valence-electron chi connectivity index (χ0n) is 16.6. The van der Waals surface area contributed by atoms with Crippen LogP contribution < -0.4 is 5.43 Å². The van der Waals surface area contributed by atoms with Crippen LogP contribution in [-0.4, -0.2) is 26.8 Å². The van der Waals surface area contributed by atoms with Gasteiger partial charge in [-0.1, -0.05) is 46.3 Å². The van der Waals surface area contributed by atoms with Gasteiger partial charge in [0.05, 0.1) is 16.8 Å². The van der Waals surface area contributed by atoms with Gasteiger partial charge in [0.1, 0.15) is 5.69 Å². The molecule has 0 aliphatic heterocycles. The first-order valence-corrected chi connectivity index (χ1v) is 10.3. The first kappa shape index (κ1) is 21.1. The van der Waals surface area contributed by atoms with Gasteiger partial charge in [-0.15, -0.1) is 0 Å². The lowest BCUT2D eigenvalue weighted by Crippen LogP contribution is -2.17. The predicted octanol–water partition coefficient (Wildman–Crippen LogP) is 4.97. The number of amides is 1. The molecule has 0 spiro atoms. The van der Waals surface area contributed by atoms with Crippen LogP contribution >= 0.6 is 15.9 Å². The average molecular weight is 490 g/mol. The molecule has 0 fully saturated rings. The summed E-state index contributed by atoms with van der Waals surface area (Å²) in [6, 6.07) is 22.7. The molecule has 0 atom stereocenters. The van der Waals surface area contributed by atoms with E-state index in [9.17, 15) is 14.9 Å². The molecule has 0 unspecified atom stereocenters. The molecule has 0 saturated heterocycles. The highest BCUT2D eigenvalue weighted by atomic mass is 79.9. The molecule has 1 aromatic heterocycles. The van der Waals surface area contributed by atoms with Crippen LogP contribution in [0.25, 0.3) is 16.9 Å². The molecule has 8 nitrogen and oxygen atoms in total. The summed E-state index contributed by atoms with van der Waals surface area (Å²) in [6.07, 6.45) is 3.35. The van der Waals surface area contributed by atoms with E-state index in [4.69, 9.17) is 5.10 Å². The molecule has 32 heavy (non-hydrogen) atoms. The average Bonchev–Trinajstić information content (AvgIpc) is 3.24. The van der Waals surface area contributed by atoms with Crippen molar-refractivity contribution in [2.75, 3.05) is 0 Å². The zero-order chi connectivity index (χ0) is 22.5. The number of aromatic nitrogens is 2. The summed E-state index contributed by atoms with van der Waals surface area (Å²) < 4.78 is 2.70. The van der Waals surface area contributed by atoms with E-state index in [1.807, 2.05) is 60.8 Å². The number of non-ortho nitro benzene ring substituents is 1. The molecular weight excluding hydrogens is 474 g/mol. The Morgan fingerprint density at radius 3 is 2.38 bits per heavy atom. The molecule has 1 heterocycles. The number of hydrazone groups is 1. The number of carbonyl (C=O) groups is 1. The minimum Gasteiger partial charge on any atom is -0.267 e. The van der Waals surface area contributed by atoms with Crippen molar-refractivity contribution in [3.63, 3.8) is 0 Å². The molecular formula is C23H16BrN5O3. The summed E-state index contributed by atoms with van der Waals surface area (Å²) in [5.41, 5.74) is 5.82. The monoisotopic (exact) mass is 489 g/mol. The van der Waals surface area contributed by atoms with Gasteiger partial charge in [-0.3, -0.25) is 14.9 Å². The SMILES string of the molecule is O=C(N/N=C/c1cn(-c2ccccc2)nc1-c1ccc(Br)cc1)c1ccc([N+](=O)[O-])cc1. The van der Waals surface area contributed by atoms with Crippen LogP contribution in [0.5, 0.6) is 0 Å². The summed E-state index contributed by atoms with van der Waals surface area (Å²) in [5, 5.41) is 19.5. The number of halogens is 1. The lowest BCUT2D eigenvalue weighted by atomic mass is 10.1. The van der Waals surface area contributed by atoms with Crippen LogP contribution in [-0.2, 0) is 0 Å². The van der Waals surface area contributed by atoms with Gasteiger partial charge in [0.2, 0.25) is 0 Å². The van der Waals surface area contributed by atoms with E-state index in [1.165, 1.54) is 30.5 Å². The Morgan fingerprint density at radius 1 is 1.03 bits per heavy atom. The van der Waals surface area contributed by atoms with Crippen molar-refractivity contribution in [1.29, 1.82) is 0 Å². The molecule has 3 aromatic carbocycles. The Morgan fingerprint density at radius 2 is 1.72 bits per heavy atom. The third-order valence-electron chi connectivity index (χ3n) is 4.59. The molecule has 0 saturated carbocycles. The summed E-state index contributed by atoms with van der Waals surface area (Å²) in [4.78, 5) is 22.5. The number of nitrogens with zero attached hydrogens (tertiary/aromatic N) is 4. The van der Waals surface area contributed by atoms with Crippen LogP contribution in [0.2, 0.25) is 0 Å². The molecule has 4 rings (SSSR count). The van der Waals surface area contributed by atoms with Crippen molar-refractivity contribution < 1.29 is 9.72 Å². The highest BCUT2D eigenvalue weighted by molar-refractivity contribution is 9.10. The maximum absolute atomic E-state index is 12.3. The molecule has 4 aromatic rings. The number of rotatable bonds is 6. The predicted molar refractivity (Wildman–Crippen MR) is 125 cm³/mol. The minimum absolute atomic E-state index is 0.0856. The number of benzene rings is 3. The minimum atomic E-state index is -0.520. The van der Waals surface area contributed by atoms with Crippen LogP contribution in [0.4, 0.5) is 5.69 Å². The molecule has 1 amide bonds. The molecule has 0 aliphatic rings. The largest absolute Gasteiger partial charge is 0.271 e. The van der Waals surface area contributed by atoms with Gasteiger partial charge >= 0.3 is 0 Å². The Kier molecular flexibility index (Phi) is 6.18. The van der Waals surface area contributed by atoms with Gasteiger partial charge < -0.3 is 0 Å². The molecule has 9 heteroatoms. The second-order valence-electron chi connectivity index (χ2n) is 6.72. The van der Waals surface area contributed by atoms with Gasteiger partial charge in [0.25, 0.3) is 11.6 Å². The second-order valence-corrected chi connectivity index (χ2v) is 7.64. The summed E-state index contributed by atoms with van der Waals surface area (Å²) in [7, 11) is 0. The van der Waals surface area contributed by atoms with Gasteiger partial charge in [-0.05, 0) is 36.4 Å². The van der Waals surface area contributed by atoms with Crippen LogP contribution in [0, 0.1) is 10.1 Å². The number of para-hydroxylation sites is 1. The van der Waals surface area contributed by atoms with E-state index in [-0.39, 0.29) is 11.3 Å². The fourth-order valence-electron chi connectivity index (χ4n) is 2.99. The van der Waals surface area contributed by atoms with Crippen molar-refractivity contribution in [2.24, 2.45) is 5.10 Å². The third-order valence-corrected chi connectivity index (χ3v) is 5.12. The highest BCUT2D eigenvalue weighted by Gasteiger charge is 2.12. The summed E-state index contributed by atoms with van der Waals surface area (Å²) >= 11 is 3.43. The lowest BCUT2D eigenvalue weighted by molar-refractivity contribution is -0.384. The fraction of sp³-hybridized carbons (Fsp3) is 0. The van der Waals surface area contributed by atoms with E-state index >= 15 is 0 Å². The number of carbonyl (C=O) groups excluding carboxylic acids is 1. The highest BCUT2D eigenvalue weighted by Crippen LogP contribution is 2.24. The summed E-state index contributed by atoms with van der Waals surface area (Å²) in [5.74, 6) is -0.475. The van der Waals surface area contributed by atoms with E-state index in [0.29, 0.717) is 11.3 Å². The van der Waals surface area contributed by atoms with Gasteiger partial charge in [0.15, 0.2) is 0 Å². The number of nitro benzene ring substituents is 1. The van der Waals surface area contributed by atoms with Crippen LogP contribution in [0.15, 0.2) is 94.6 Å². The van der Waals surface area contributed by atoms with Crippen LogP contribution in [0.3, 0.4) is 0 Å². The molecule has 0 aliphatic carbocycles. The lowest BCUT2D eigenvalue weighted by Gasteiger charge is -2.01. The van der Waals surface area contributed by atoms with Crippen LogP contribution in [0.1, 0.15) is 15.9 Å². The third kappa shape index (κ3) is 4.79. The Hall–Kier alpha value is -4.11. The summed E-state index contributed by atoms with van der Waals surface area (Å²) in [6.45, 7) is 0. The zero-order valence-corrected chi connectivity index (χ0v) is 18.1. The second kappa shape index (κ2) is 9.36. The van der Waals surface area contributed by atoms with E-state index in [2.05, 4.69) is 26.5 Å². The Balaban J connectivity index is 1.59. The fourth-order valence-corrected chi connectivity index (χ4v) is 3.25. The van der Waals surface area contributed by atoms with Crippen molar-refractivity contribution in [2.45, 2.75) is 0 Å². The number of nitro groups is 1. The van der Waals surface area contributed by atoms with Gasteiger partial charge in [-0.2, -0.15) is 10.2 Å². The Labute approximate surface area is 191 Å². The Bertz CT molecular complexity index is 1280. The smallest absolute Gasteiger partial charge is 0.267 e. The molecule has 0 radical (unpaired) electrons. The molecule has 1 N–H and O–H groups in total. The van der Waals surface area contributed by atoms with Crippen molar-refractivity contribution in [3.05, 3.63) is 111 Å². The van der Waals surface area contributed by atoms with E-state index in [0.717, 1.165) is 15.7 Å². The topological polar surface area (TPSA) is 102 Å². The first-order valence-electron chi connectivity index (χ1n) is 9.50. The normalized spacial score (nSPS) is 10.9. The first-order chi connectivity index (χ1) is 15.5. The van der Waals surface area contributed by atoms with E-state index < -0.39 is 10.8 Å². The maximum atomic E-state index is 12.3. The van der Waals surface area contributed by atoms with Gasteiger partial charge in [-0.25, -0.2) is 10.1 Å². The molecule has 0 bridgehead atoms. The number of hydrogen-bond donors (Lipinski definition) is 1. The molecule has 158 valence electrons. The van der Waals surface area contributed by atoms with Crippen molar-refractivity contribution in [1.82, 2.24) is 15.2 Å². The quantitative estimate of drug-likeness (QED) is 0.234. The van der Waals surface area contributed by atoms with Crippen molar-refractivity contribution >= 4 is 33.7 Å². The maximum Gasteiger partial charge on any atom is 0.271 e. The number of nitrogens with one attached hydrogen (secondary N) is 1. The van der Waals surface area contributed by atoms with Crippen molar-refractivity contribution in [3.8, 4) is 16.9 Å². The number of hydrogen-bond acceptors (Lipinski definition) is 5. The standard InChI is InChI=1S/C23H16BrN5O3/c24-19-10-6-16(7-11-19)22-18(15-28(27-22)20-4-2-1-3-5-20)14-25-26-23(30)17-8-12-21(13-9-17)29(31)32/h1-15H,(H,26,30)/b25-14+. The van der Waals surface area contributed by atoms with Gasteiger partial charge in [0, 0.05) is 39.5 Å². The van der Waals surface area contributed by atoms with E-state index in [1.54, 1.807) is 4.68 Å².